The molecule has 0 radical (unpaired) electrons. The van der Waals surface area contributed by atoms with Crippen LogP contribution in [0.15, 0.2) is 30.7 Å². The zero-order chi connectivity index (χ0) is 16.1. The van der Waals surface area contributed by atoms with E-state index in [9.17, 15) is 0 Å². The molecule has 5 nitrogen and oxygen atoms in total. The van der Waals surface area contributed by atoms with Gasteiger partial charge in [0.05, 0.1) is 11.8 Å². The second-order valence-corrected chi connectivity index (χ2v) is 6.67. The summed E-state index contributed by atoms with van der Waals surface area (Å²) < 4.78 is 8.29. The van der Waals surface area contributed by atoms with Gasteiger partial charge in [-0.15, -0.1) is 11.3 Å². The number of rotatable bonds is 2. The second kappa shape index (κ2) is 5.11. The monoisotopic (exact) mass is 344 g/mol. The van der Waals surface area contributed by atoms with E-state index >= 15 is 0 Å². The molecule has 7 heteroatoms. The standard InChI is InChI=1S/C16H13ClN4OS/c1-8-11-5-9(17)6-12(22-2)15(11)23-14(8)10-3-4-21-13(10)16(18)19-7-20-21/h3-7H,1-2H3,(H2,18,19,20). The molecule has 2 N–H and O–H groups in total. The molecule has 0 spiro atoms. The lowest BCUT2D eigenvalue weighted by Gasteiger charge is -2.02. The van der Waals surface area contributed by atoms with Crippen molar-refractivity contribution in [2.45, 2.75) is 6.92 Å². The number of fused-ring (bicyclic) bond motifs is 2. The number of nitrogens with two attached hydrogens (primary N) is 1. The highest BCUT2D eigenvalue weighted by Gasteiger charge is 2.18. The van der Waals surface area contributed by atoms with Gasteiger partial charge >= 0.3 is 0 Å². The molecule has 0 saturated heterocycles. The van der Waals surface area contributed by atoms with Crippen LogP contribution in [0.3, 0.4) is 0 Å². The van der Waals surface area contributed by atoms with E-state index in [-0.39, 0.29) is 0 Å². The molecule has 0 unspecified atom stereocenters. The van der Waals surface area contributed by atoms with Gasteiger partial charge in [-0.1, -0.05) is 11.6 Å². The number of nitrogens with zero attached hydrogens (tertiary/aromatic N) is 3. The van der Waals surface area contributed by atoms with E-state index in [0.717, 1.165) is 37.4 Å². The largest absolute Gasteiger partial charge is 0.495 e. The Morgan fingerprint density at radius 1 is 1.35 bits per heavy atom. The van der Waals surface area contributed by atoms with Crippen molar-refractivity contribution >= 4 is 44.4 Å². The molecule has 0 fully saturated rings. The average Bonchev–Trinajstić information content (AvgIpc) is 3.10. The van der Waals surface area contributed by atoms with Gasteiger partial charge < -0.3 is 10.5 Å². The summed E-state index contributed by atoms with van der Waals surface area (Å²) >= 11 is 7.87. The Labute approximate surface area is 141 Å². The van der Waals surface area contributed by atoms with Crippen LogP contribution < -0.4 is 10.5 Å². The molecule has 0 atom stereocenters. The van der Waals surface area contributed by atoms with Crippen molar-refractivity contribution in [3.63, 3.8) is 0 Å². The zero-order valence-electron chi connectivity index (χ0n) is 12.5. The summed E-state index contributed by atoms with van der Waals surface area (Å²) in [4.78, 5) is 5.22. The van der Waals surface area contributed by atoms with E-state index in [1.54, 1.807) is 23.0 Å². The first-order valence-electron chi connectivity index (χ1n) is 6.95. The smallest absolute Gasteiger partial charge is 0.152 e. The summed E-state index contributed by atoms with van der Waals surface area (Å²) in [6, 6.07) is 5.80. The molecule has 0 amide bonds. The predicted octanol–water partition coefficient (Wildman–Crippen LogP) is 4.16. The van der Waals surface area contributed by atoms with Crippen molar-refractivity contribution < 1.29 is 4.74 Å². The maximum Gasteiger partial charge on any atom is 0.152 e. The van der Waals surface area contributed by atoms with Crippen LogP contribution in [0, 0.1) is 6.92 Å². The molecule has 1 aromatic carbocycles. The number of hydrogen-bond donors (Lipinski definition) is 1. The molecule has 0 bridgehead atoms. The topological polar surface area (TPSA) is 65.4 Å². The molecule has 3 heterocycles. The minimum Gasteiger partial charge on any atom is -0.495 e. The number of benzene rings is 1. The van der Waals surface area contributed by atoms with Crippen molar-refractivity contribution in [2.75, 3.05) is 12.8 Å². The summed E-state index contributed by atoms with van der Waals surface area (Å²) in [5.41, 5.74) is 9.02. The molecule has 4 aromatic rings. The third-order valence-corrected chi connectivity index (χ3v) is 5.49. The molecule has 0 saturated carbocycles. The number of methoxy groups -OCH3 is 1. The third kappa shape index (κ3) is 2.06. The molecule has 116 valence electrons. The fourth-order valence-corrected chi connectivity index (χ4v) is 4.34. The Bertz CT molecular complexity index is 1050. The summed E-state index contributed by atoms with van der Waals surface area (Å²) in [5, 5.41) is 5.95. The van der Waals surface area contributed by atoms with E-state index in [1.807, 2.05) is 24.4 Å². The molecular formula is C16H13ClN4OS. The van der Waals surface area contributed by atoms with Gasteiger partial charge in [0.15, 0.2) is 5.82 Å². The second-order valence-electron chi connectivity index (χ2n) is 5.21. The van der Waals surface area contributed by atoms with Crippen LogP contribution in [0.25, 0.3) is 26.0 Å². The first-order valence-corrected chi connectivity index (χ1v) is 8.14. The number of hydrogen-bond acceptors (Lipinski definition) is 5. The first-order chi connectivity index (χ1) is 11.1. The SMILES string of the molecule is COc1cc(Cl)cc2c(C)c(-c3ccn4ncnc(N)c34)sc12. The summed E-state index contributed by atoms with van der Waals surface area (Å²) in [5.74, 6) is 1.24. The van der Waals surface area contributed by atoms with E-state index in [4.69, 9.17) is 22.1 Å². The lowest BCUT2D eigenvalue weighted by molar-refractivity contribution is 0.420. The normalized spacial score (nSPS) is 11.4. The fourth-order valence-electron chi connectivity index (χ4n) is 2.82. The molecular weight excluding hydrogens is 332 g/mol. The van der Waals surface area contributed by atoms with Crippen molar-refractivity contribution in [3.8, 4) is 16.2 Å². The average molecular weight is 345 g/mol. The minimum absolute atomic E-state index is 0.460. The van der Waals surface area contributed by atoms with E-state index in [2.05, 4.69) is 17.0 Å². The van der Waals surface area contributed by atoms with Gasteiger partial charge in [-0.25, -0.2) is 9.50 Å². The van der Waals surface area contributed by atoms with Crippen LogP contribution in [0.2, 0.25) is 5.02 Å². The minimum atomic E-state index is 0.460. The van der Waals surface area contributed by atoms with Gasteiger partial charge in [0, 0.05) is 33.1 Å². The number of anilines is 1. The van der Waals surface area contributed by atoms with Gasteiger partial charge in [0.2, 0.25) is 0 Å². The van der Waals surface area contributed by atoms with E-state index in [0.29, 0.717) is 10.8 Å². The first kappa shape index (κ1) is 14.3. The highest BCUT2D eigenvalue weighted by Crippen LogP contribution is 2.45. The van der Waals surface area contributed by atoms with Crippen LogP contribution >= 0.6 is 22.9 Å². The number of aromatic nitrogens is 3. The molecule has 0 aliphatic heterocycles. The Morgan fingerprint density at radius 3 is 2.96 bits per heavy atom. The summed E-state index contributed by atoms with van der Waals surface area (Å²) in [6.07, 6.45) is 3.34. The lowest BCUT2D eigenvalue weighted by atomic mass is 10.1. The summed E-state index contributed by atoms with van der Waals surface area (Å²) in [6.45, 7) is 2.08. The predicted molar refractivity (Wildman–Crippen MR) is 94.5 cm³/mol. The molecule has 0 aliphatic carbocycles. The fraction of sp³-hybridized carbons (Fsp3) is 0.125. The Morgan fingerprint density at radius 2 is 2.17 bits per heavy atom. The van der Waals surface area contributed by atoms with Crippen LogP contribution in [0.4, 0.5) is 5.82 Å². The van der Waals surface area contributed by atoms with Gasteiger partial charge in [-0.2, -0.15) is 5.10 Å². The Hall–Kier alpha value is -2.31. The van der Waals surface area contributed by atoms with Gasteiger partial charge in [-0.3, -0.25) is 0 Å². The maximum absolute atomic E-state index is 6.21. The Kier molecular flexibility index (Phi) is 3.18. The number of ether oxygens (including phenoxy) is 1. The van der Waals surface area contributed by atoms with E-state index in [1.165, 1.54) is 6.33 Å². The summed E-state index contributed by atoms with van der Waals surface area (Å²) in [7, 11) is 1.65. The number of halogens is 1. The number of thiophene rings is 1. The van der Waals surface area contributed by atoms with Crippen molar-refractivity contribution in [1.82, 2.24) is 14.6 Å². The highest BCUT2D eigenvalue weighted by molar-refractivity contribution is 7.23. The lowest BCUT2D eigenvalue weighted by Crippen LogP contribution is -1.98. The van der Waals surface area contributed by atoms with Gasteiger partial charge in [0.25, 0.3) is 0 Å². The van der Waals surface area contributed by atoms with Crippen LogP contribution in [0.1, 0.15) is 5.56 Å². The van der Waals surface area contributed by atoms with Gasteiger partial charge in [0.1, 0.15) is 17.6 Å². The molecule has 3 aromatic heterocycles. The third-order valence-electron chi connectivity index (χ3n) is 3.91. The quantitative estimate of drug-likeness (QED) is 0.593. The molecule has 4 rings (SSSR count). The van der Waals surface area contributed by atoms with Crippen LogP contribution in [0.5, 0.6) is 5.75 Å². The Balaban J connectivity index is 2.07. The van der Waals surface area contributed by atoms with Crippen LogP contribution in [-0.2, 0) is 0 Å². The van der Waals surface area contributed by atoms with Crippen LogP contribution in [-0.4, -0.2) is 21.7 Å². The highest BCUT2D eigenvalue weighted by atomic mass is 35.5. The van der Waals surface area contributed by atoms with Crippen molar-refractivity contribution in [3.05, 3.63) is 41.3 Å². The van der Waals surface area contributed by atoms with Crippen molar-refractivity contribution in [2.24, 2.45) is 0 Å². The van der Waals surface area contributed by atoms with Crippen molar-refractivity contribution in [1.29, 1.82) is 0 Å². The zero-order valence-corrected chi connectivity index (χ0v) is 14.1. The number of aryl methyl sites for hydroxylation is 1. The van der Waals surface area contributed by atoms with E-state index < -0.39 is 0 Å². The van der Waals surface area contributed by atoms with Gasteiger partial charge in [-0.05, 0) is 24.6 Å². The molecule has 0 aliphatic rings. The number of nitrogen functional groups attached to an aromatic ring is 1. The molecule has 23 heavy (non-hydrogen) atoms. The maximum atomic E-state index is 6.21.